The highest BCUT2D eigenvalue weighted by atomic mass is 32.1. The molecule has 0 unspecified atom stereocenters. The normalized spacial score (nSPS) is 17.6. The maximum absolute atomic E-state index is 10.1. The number of nitrogens with zero attached hydrogens (tertiary/aromatic N) is 2. The van der Waals surface area contributed by atoms with E-state index < -0.39 is 5.60 Å². The molecule has 1 aliphatic rings. The van der Waals surface area contributed by atoms with Crippen LogP contribution in [0, 0.1) is 6.92 Å². The molecule has 0 atom stereocenters. The summed E-state index contributed by atoms with van der Waals surface area (Å²) < 4.78 is 0. The van der Waals surface area contributed by atoms with E-state index in [0.717, 1.165) is 49.7 Å². The highest BCUT2D eigenvalue weighted by molar-refractivity contribution is 7.11. The second-order valence-corrected chi connectivity index (χ2v) is 6.63. The zero-order chi connectivity index (χ0) is 14.4. The van der Waals surface area contributed by atoms with E-state index in [1.54, 1.807) is 11.3 Å². The van der Waals surface area contributed by atoms with Crippen LogP contribution in [0.15, 0.2) is 11.2 Å². The Balaban J connectivity index is 1.77. The van der Waals surface area contributed by atoms with Gasteiger partial charge in [0.2, 0.25) is 0 Å². The van der Waals surface area contributed by atoms with Gasteiger partial charge >= 0.3 is 0 Å². The Morgan fingerprint density at radius 1 is 1.50 bits per heavy atom. The van der Waals surface area contributed by atoms with Gasteiger partial charge in [0.05, 0.1) is 17.2 Å². The molecule has 20 heavy (non-hydrogen) atoms. The summed E-state index contributed by atoms with van der Waals surface area (Å²) in [5.74, 6) is 0.779. The topological polar surface area (TPSA) is 69.5 Å². The zero-order valence-electron chi connectivity index (χ0n) is 12.3. The van der Waals surface area contributed by atoms with Gasteiger partial charge in [-0.25, -0.2) is 4.98 Å². The Morgan fingerprint density at radius 2 is 2.30 bits per heavy atom. The number of aromatic nitrogens is 1. The number of rotatable bonds is 6. The van der Waals surface area contributed by atoms with E-state index in [2.05, 4.69) is 27.5 Å². The van der Waals surface area contributed by atoms with Crippen LogP contribution in [0.5, 0.6) is 0 Å². The van der Waals surface area contributed by atoms with Crippen molar-refractivity contribution in [3.63, 3.8) is 0 Å². The lowest BCUT2D eigenvalue weighted by Gasteiger charge is -2.35. The minimum Gasteiger partial charge on any atom is -0.388 e. The van der Waals surface area contributed by atoms with Crippen LogP contribution in [-0.4, -0.2) is 41.3 Å². The van der Waals surface area contributed by atoms with Crippen LogP contribution < -0.4 is 10.6 Å². The average molecular weight is 296 g/mol. The molecule has 0 aliphatic heterocycles. The van der Waals surface area contributed by atoms with E-state index >= 15 is 0 Å². The van der Waals surface area contributed by atoms with Gasteiger partial charge in [-0.3, -0.25) is 4.99 Å². The summed E-state index contributed by atoms with van der Waals surface area (Å²) in [5.41, 5.74) is -0.561. The molecule has 1 heterocycles. The molecular weight excluding hydrogens is 272 g/mol. The SMILES string of the molecule is CCNC(=NCC1(O)CCC1)NCCc1ncc(C)s1. The molecule has 1 saturated carbocycles. The van der Waals surface area contributed by atoms with E-state index in [1.807, 2.05) is 13.1 Å². The third-order valence-electron chi connectivity index (χ3n) is 3.46. The molecule has 6 heteroatoms. The third-order valence-corrected chi connectivity index (χ3v) is 4.43. The molecule has 0 aromatic carbocycles. The van der Waals surface area contributed by atoms with Crippen molar-refractivity contribution in [2.45, 2.75) is 45.1 Å². The van der Waals surface area contributed by atoms with Crippen molar-refractivity contribution in [1.29, 1.82) is 0 Å². The minimum atomic E-state index is -0.561. The first-order valence-corrected chi connectivity index (χ1v) is 8.09. The van der Waals surface area contributed by atoms with E-state index in [-0.39, 0.29) is 0 Å². The highest BCUT2D eigenvalue weighted by Gasteiger charge is 2.34. The van der Waals surface area contributed by atoms with Gasteiger partial charge in [-0.15, -0.1) is 11.3 Å². The van der Waals surface area contributed by atoms with Crippen molar-refractivity contribution in [2.75, 3.05) is 19.6 Å². The van der Waals surface area contributed by atoms with Crippen molar-refractivity contribution >= 4 is 17.3 Å². The number of hydrogen-bond donors (Lipinski definition) is 3. The van der Waals surface area contributed by atoms with Gasteiger partial charge in [-0.1, -0.05) is 0 Å². The van der Waals surface area contributed by atoms with E-state index in [4.69, 9.17) is 0 Å². The molecule has 112 valence electrons. The second kappa shape index (κ2) is 7.04. The molecule has 0 spiro atoms. The van der Waals surface area contributed by atoms with E-state index in [1.165, 1.54) is 4.88 Å². The Hall–Kier alpha value is -1.14. The van der Waals surface area contributed by atoms with Gasteiger partial charge in [-0.2, -0.15) is 0 Å². The van der Waals surface area contributed by atoms with Crippen LogP contribution in [0.1, 0.15) is 36.1 Å². The summed E-state index contributed by atoms with van der Waals surface area (Å²) >= 11 is 1.73. The van der Waals surface area contributed by atoms with Crippen LogP contribution in [0.4, 0.5) is 0 Å². The van der Waals surface area contributed by atoms with Crippen LogP contribution >= 0.6 is 11.3 Å². The van der Waals surface area contributed by atoms with Crippen molar-refractivity contribution in [1.82, 2.24) is 15.6 Å². The first-order chi connectivity index (χ1) is 9.61. The summed E-state index contributed by atoms with van der Waals surface area (Å²) in [4.78, 5) is 10.1. The molecule has 2 rings (SSSR count). The molecule has 1 aromatic heterocycles. The fraction of sp³-hybridized carbons (Fsp3) is 0.714. The molecule has 5 nitrogen and oxygen atoms in total. The predicted molar refractivity (Wildman–Crippen MR) is 83.3 cm³/mol. The van der Waals surface area contributed by atoms with E-state index in [0.29, 0.717) is 6.54 Å². The standard InChI is InChI=1S/C14H24N4OS/c1-3-15-13(18-10-14(19)6-4-7-14)16-8-5-12-17-9-11(2)20-12/h9,19H,3-8,10H2,1-2H3,(H2,15,16,18). The first-order valence-electron chi connectivity index (χ1n) is 7.27. The van der Waals surface area contributed by atoms with Gasteiger partial charge in [0.1, 0.15) is 0 Å². The molecule has 0 bridgehead atoms. The van der Waals surface area contributed by atoms with Crippen molar-refractivity contribution in [2.24, 2.45) is 4.99 Å². The van der Waals surface area contributed by atoms with Gasteiger partial charge in [0.15, 0.2) is 5.96 Å². The fourth-order valence-corrected chi connectivity index (χ4v) is 2.90. The van der Waals surface area contributed by atoms with Crippen LogP contribution in [-0.2, 0) is 6.42 Å². The molecule has 0 radical (unpaired) electrons. The van der Waals surface area contributed by atoms with Crippen molar-refractivity contribution in [3.8, 4) is 0 Å². The second-order valence-electron chi connectivity index (χ2n) is 5.31. The maximum atomic E-state index is 10.1. The molecule has 0 saturated heterocycles. The lowest BCUT2D eigenvalue weighted by atomic mass is 9.80. The Bertz CT molecular complexity index is 454. The molecule has 1 aliphatic carbocycles. The van der Waals surface area contributed by atoms with Crippen LogP contribution in [0.3, 0.4) is 0 Å². The molecule has 3 N–H and O–H groups in total. The highest BCUT2D eigenvalue weighted by Crippen LogP contribution is 2.31. The van der Waals surface area contributed by atoms with Gasteiger partial charge in [0, 0.05) is 30.6 Å². The smallest absolute Gasteiger partial charge is 0.191 e. The number of thiazole rings is 1. The summed E-state index contributed by atoms with van der Waals surface area (Å²) in [6, 6.07) is 0. The maximum Gasteiger partial charge on any atom is 0.191 e. The minimum absolute atomic E-state index is 0.485. The molecular formula is C14H24N4OS. The zero-order valence-corrected chi connectivity index (χ0v) is 13.1. The summed E-state index contributed by atoms with van der Waals surface area (Å²) in [5, 5.41) is 17.7. The summed E-state index contributed by atoms with van der Waals surface area (Å²) in [6.45, 7) is 6.22. The van der Waals surface area contributed by atoms with E-state index in [9.17, 15) is 5.11 Å². The number of hydrogen-bond acceptors (Lipinski definition) is 4. The lowest BCUT2D eigenvalue weighted by molar-refractivity contribution is -0.0236. The number of nitrogens with one attached hydrogen (secondary N) is 2. The monoisotopic (exact) mass is 296 g/mol. The number of aliphatic imine (C=N–C) groups is 1. The Kier molecular flexibility index (Phi) is 5.37. The molecule has 1 fully saturated rings. The lowest BCUT2D eigenvalue weighted by Crippen LogP contribution is -2.43. The average Bonchev–Trinajstić information content (AvgIpc) is 2.79. The van der Waals surface area contributed by atoms with Gasteiger partial charge in [-0.05, 0) is 33.1 Å². The first kappa shape index (κ1) is 15.3. The van der Waals surface area contributed by atoms with Crippen molar-refractivity contribution < 1.29 is 5.11 Å². The predicted octanol–water partition coefficient (Wildman–Crippen LogP) is 1.46. The fourth-order valence-electron chi connectivity index (χ4n) is 2.12. The largest absolute Gasteiger partial charge is 0.388 e. The number of aliphatic hydroxyl groups is 1. The van der Waals surface area contributed by atoms with Gasteiger partial charge in [0.25, 0.3) is 0 Å². The Morgan fingerprint density at radius 3 is 2.85 bits per heavy atom. The summed E-state index contributed by atoms with van der Waals surface area (Å²) in [7, 11) is 0. The Labute approximate surface area is 124 Å². The van der Waals surface area contributed by atoms with Crippen molar-refractivity contribution in [3.05, 3.63) is 16.1 Å². The van der Waals surface area contributed by atoms with Crippen LogP contribution in [0.2, 0.25) is 0 Å². The third kappa shape index (κ3) is 4.45. The number of guanidine groups is 1. The molecule has 1 aromatic rings. The van der Waals surface area contributed by atoms with Gasteiger partial charge < -0.3 is 15.7 Å². The molecule has 0 amide bonds. The number of aryl methyl sites for hydroxylation is 1. The summed E-state index contributed by atoms with van der Waals surface area (Å²) in [6.07, 6.45) is 5.65. The van der Waals surface area contributed by atoms with Crippen LogP contribution in [0.25, 0.3) is 0 Å². The quantitative estimate of drug-likeness (QED) is 0.549.